The number of benzene rings is 1. The molecular weight excluding hydrogens is 226 g/mol. The highest BCUT2D eigenvalue weighted by atomic mass is 16.1. The van der Waals surface area contributed by atoms with Gasteiger partial charge < -0.3 is 10.3 Å². The van der Waals surface area contributed by atoms with Gasteiger partial charge in [0.1, 0.15) is 11.6 Å². The molecular formula is C14H13N3O. The van der Waals surface area contributed by atoms with Gasteiger partial charge in [-0.1, -0.05) is 12.1 Å². The second-order valence-electron chi connectivity index (χ2n) is 4.18. The fraction of sp³-hybridized carbons (Fsp3) is 0.143. The van der Waals surface area contributed by atoms with E-state index in [0.717, 1.165) is 11.3 Å². The van der Waals surface area contributed by atoms with Crippen LogP contribution in [-0.2, 0) is 0 Å². The van der Waals surface area contributed by atoms with Crippen molar-refractivity contribution in [3.05, 3.63) is 57.5 Å². The number of nitrogens with zero attached hydrogens (tertiary/aromatic N) is 1. The fourth-order valence-corrected chi connectivity index (χ4v) is 1.78. The van der Waals surface area contributed by atoms with Crippen molar-refractivity contribution in [2.24, 2.45) is 0 Å². The molecule has 1 aromatic heterocycles. The summed E-state index contributed by atoms with van der Waals surface area (Å²) in [5.41, 5.74) is 2.95. The van der Waals surface area contributed by atoms with Crippen molar-refractivity contribution < 1.29 is 0 Å². The summed E-state index contributed by atoms with van der Waals surface area (Å²) in [5, 5.41) is 12.1. The number of aromatic amines is 1. The Labute approximate surface area is 105 Å². The number of anilines is 2. The lowest BCUT2D eigenvalue weighted by Gasteiger charge is -2.09. The summed E-state index contributed by atoms with van der Waals surface area (Å²) in [5.74, 6) is 0. The molecule has 0 saturated heterocycles. The summed E-state index contributed by atoms with van der Waals surface area (Å²) >= 11 is 0. The lowest BCUT2D eigenvalue weighted by atomic mass is 10.2. The standard InChI is InChI=1S/C14H13N3O/c1-9-4-3-5-11(6-9)17-13-7-10(2)16-14(18)12(13)8-15/h3-7H,1-2H3,(H2,16,17,18). The van der Waals surface area contributed by atoms with Gasteiger partial charge in [-0.05, 0) is 37.6 Å². The van der Waals surface area contributed by atoms with Crippen LogP contribution in [0.25, 0.3) is 0 Å². The topological polar surface area (TPSA) is 68.7 Å². The Bertz CT molecular complexity index is 680. The molecule has 1 heterocycles. The van der Waals surface area contributed by atoms with Crippen LogP contribution in [0.1, 0.15) is 16.8 Å². The number of aromatic nitrogens is 1. The average Bonchev–Trinajstić information content (AvgIpc) is 2.28. The minimum atomic E-state index is -0.368. The number of hydrogen-bond donors (Lipinski definition) is 2. The number of aryl methyl sites for hydroxylation is 2. The van der Waals surface area contributed by atoms with Crippen LogP contribution in [0, 0.1) is 25.2 Å². The molecule has 4 nitrogen and oxygen atoms in total. The van der Waals surface area contributed by atoms with Crippen molar-refractivity contribution >= 4 is 11.4 Å². The van der Waals surface area contributed by atoms with Gasteiger partial charge in [-0.25, -0.2) is 0 Å². The molecule has 0 radical (unpaired) electrons. The highest BCUT2D eigenvalue weighted by molar-refractivity contribution is 5.66. The molecule has 4 heteroatoms. The van der Waals surface area contributed by atoms with E-state index in [2.05, 4.69) is 10.3 Å². The summed E-state index contributed by atoms with van der Waals surface area (Å²) < 4.78 is 0. The van der Waals surface area contributed by atoms with Gasteiger partial charge in [-0.2, -0.15) is 5.26 Å². The molecule has 90 valence electrons. The van der Waals surface area contributed by atoms with Crippen molar-refractivity contribution in [2.75, 3.05) is 5.32 Å². The van der Waals surface area contributed by atoms with Crippen LogP contribution in [0.2, 0.25) is 0 Å². The molecule has 0 bridgehead atoms. The lowest BCUT2D eigenvalue weighted by molar-refractivity contribution is 1.13. The summed E-state index contributed by atoms with van der Waals surface area (Å²) in [6, 6.07) is 11.4. The van der Waals surface area contributed by atoms with Crippen LogP contribution in [-0.4, -0.2) is 4.98 Å². The van der Waals surface area contributed by atoms with Crippen molar-refractivity contribution in [3.8, 4) is 6.07 Å². The maximum Gasteiger partial charge on any atom is 0.268 e. The summed E-state index contributed by atoms with van der Waals surface area (Å²) in [6.45, 7) is 3.77. The Morgan fingerprint density at radius 3 is 2.72 bits per heavy atom. The highest BCUT2D eigenvalue weighted by Crippen LogP contribution is 2.19. The molecule has 0 atom stereocenters. The molecule has 0 fully saturated rings. The second kappa shape index (κ2) is 4.76. The van der Waals surface area contributed by atoms with Gasteiger partial charge in [0.05, 0.1) is 5.69 Å². The normalized spacial score (nSPS) is 9.83. The largest absolute Gasteiger partial charge is 0.354 e. The number of rotatable bonds is 2. The predicted octanol–water partition coefficient (Wildman–Crippen LogP) is 2.61. The molecule has 0 unspecified atom stereocenters. The van der Waals surface area contributed by atoms with Gasteiger partial charge >= 0.3 is 0 Å². The van der Waals surface area contributed by atoms with E-state index < -0.39 is 0 Å². The third-order valence-electron chi connectivity index (χ3n) is 2.58. The van der Waals surface area contributed by atoms with Gasteiger partial charge in [-0.3, -0.25) is 4.79 Å². The minimum absolute atomic E-state index is 0.0992. The van der Waals surface area contributed by atoms with Crippen molar-refractivity contribution in [2.45, 2.75) is 13.8 Å². The molecule has 0 aliphatic rings. The van der Waals surface area contributed by atoms with Crippen LogP contribution >= 0.6 is 0 Å². The summed E-state index contributed by atoms with van der Waals surface area (Å²) in [4.78, 5) is 14.2. The smallest absolute Gasteiger partial charge is 0.268 e. The zero-order valence-electron chi connectivity index (χ0n) is 10.2. The van der Waals surface area contributed by atoms with Gasteiger partial charge in [0, 0.05) is 11.4 Å². The molecule has 0 spiro atoms. The predicted molar refractivity (Wildman–Crippen MR) is 71.0 cm³/mol. The fourth-order valence-electron chi connectivity index (χ4n) is 1.78. The van der Waals surface area contributed by atoms with E-state index in [1.165, 1.54) is 0 Å². The molecule has 1 aromatic carbocycles. The monoisotopic (exact) mass is 239 g/mol. The molecule has 18 heavy (non-hydrogen) atoms. The number of hydrogen-bond acceptors (Lipinski definition) is 3. The first kappa shape index (κ1) is 11.9. The van der Waals surface area contributed by atoms with Crippen molar-refractivity contribution in [1.29, 1.82) is 5.26 Å². The third kappa shape index (κ3) is 2.41. The Kier molecular flexibility index (Phi) is 3.16. The zero-order chi connectivity index (χ0) is 13.1. The van der Waals surface area contributed by atoms with Gasteiger partial charge in [0.2, 0.25) is 0 Å². The SMILES string of the molecule is Cc1cccc(Nc2cc(C)[nH]c(=O)c2C#N)c1. The quantitative estimate of drug-likeness (QED) is 0.846. The molecule has 0 saturated carbocycles. The molecule has 2 N–H and O–H groups in total. The zero-order valence-corrected chi connectivity index (χ0v) is 10.2. The van der Waals surface area contributed by atoms with Gasteiger partial charge in [0.25, 0.3) is 5.56 Å². The van der Waals surface area contributed by atoms with E-state index in [4.69, 9.17) is 5.26 Å². The Balaban J connectivity index is 2.47. The van der Waals surface area contributed by atoms with E-state index in [0.29, 0.717) is 11.4 Å². The van der Waals surface area contributed by atoms with Crippen molar-refractivity contribution in [3.63, 3.8) is 0 Å². The lowest BCUT2D eigenvalue weighted by Crippen LogP contribution is -2.13. The van der Waals surface area contributed by atoms with E-state index in [9.17, 15) is 4.79 Å². The minimum Gasteiger partial charge on any atom is -0.354 e. The van der Waals surface area contributed by atoms with E-state index in [1.54, 1.807) is 13.0 Å². The van der Waals surface area contributed by atoms with Gasteiger partial charge in [-0.15, -0.1) is 0 Å². The maximum absolute atomic E-state index is 11.6. The third-order valence-corrected chi connectivity index (χ3v) is 2.58. The molecule has 2 aromatic rings. The average molecular weight is 239 g/mol. The van der Waals surface area contributed by atoms with Crippen molar-refractivity contribution in [1.82, 2.24) is 4.98 Å². The first-order chi connectivity index (χ1) is 8.60. The maximum atomic E-state index is 11.6. The van der Waals surface area contributed by atoms with E-state index >= 15 is 0 Å². The van der Waals surface area contributed by atoms with Crippen LogP contribution in [0.5, 0.6) is 0 Å². The first-order valence-electron chi connectivity index (χ1n) is 5.58. The number of nitrogens with one attached hydrogen (secondary N) is 2. The van der Waals surface area contributed by atoms with Gasteiger partial charge in [0.15, 0.2) is 0 Å². The Morgan fingerprint density at radius 1 is 1.28 bits per heavy atom. The number of H-pyrrole nitrogens is 1. The first-order valence-corrected chi connectivity index (χ1v) is 5.58. The summed E-state index contributed by atoms with van der Waals surface area (Å²) in [7, 11) is 0. The summed E-state index contributed by atoms with van der Waals surface area (Å²) in [6.07, 6.45) is 0. The Hall–Kier alpha value is -2.54. The highest BCUT2D eigenvalue weighted by Gasteiger charge is 2.08. The molecule has 0 aliphatic heterocycles. The molecule has 0 aliphatic carbocycles. The van der Waals surface area contributed by atoms with E-state index in [-0.39, 0.29) is 11.1 Å². The number of nitriles is 1. The second-order valence-corrected chi connectivity index (χ2v) is 4.18. The van der Waals surface area contributed by atoms with E-state index in [1.807, 2.05) is 37.3 Å². The Morgan fingerprint density at radius 2 is 2.06 bits per heavy atom. The molecule has 0 amide bonds. The van der Waals surface area contributed by atoms with Crippen LogP contribution in [0.3, 0.4) is 0 Å². The van der Waals surface area contributed by atoms with Crippen LogP contribution in [0.15, 0.2) is 35.1 Å². The van der Waals surface area contributed by atoms with Crippen LogP contribution in [0.4, 0.5) is 11.4 Å². The molecule has 2 rings (SSSR count). The van der Waals surface area contributed by atoms with Crippen LogP contribution < -0.4 is 10.9 Å². The number of pyridine rings is 1.